The first kappa shape index (κ1) is 29.4. The van der Waals surface area contributed by atoms with Gasteiger partial charge in [0.2, 0.25) is 17.8 Å². The quantitative estimate of drug-likeness (QED) is 0.465. The molecule has 1 aromatic rings. The second-order valence-corrected chi connectivity index (χ2v) is 11.5. The average Bonchev–Trinajstić information content (AvgIpc) is 3.29. The number of amides is 2. The molecule has 0 fully saturated rings. The van der Waals surface area contributed by atoms with Gasteiger partial charge >= 0.3 is 0 Å². The van der Waals surface area contributed by atoms with Gasteiger partial charge in [-0.3, -0.25) is 13.8 Å². The summed E-state index contributed by atoms with van der Waals surface area (Å²) in [6.07, 6.45) is 15.4. The van der Waals surface area contributed by atoms with Gasteiger partial charge in [-0.2, -0.15) is 0 Å². The summed E-state index contributed by atoms with van der Waals surface area (Å²) in [6.45, 7) is 6.91. The van der Waals surface area contributed by atoms with Crippen molar-refractivity contribution < 1.29 is 13.8 Å². The van der Waals surface area contributed by atoms with Gasteiger partial charge in [0, 0.05) is 50.4 Å². The molecule has 2 aliphatic rings. The maximum atomic E-state index is 13.0. The number of carbonyl (C=O) groups excluding carboxylic acids is 2. The minimum Gasteiger partial charge on any atom is -0.343 e. The molecule has 3 atom stereocenters. The van der Waals surface area contributed by atoms with Crippen LogP contribution in [0.25, 0.3) is 5.57 Å². The minimum atomic E-state index is -1.18. The predicted octanol–water partition coefficient (Wildman–Crippen LogP) is 3.57. The second kappa shape index (κ2) is 14.2. The fraction of sp³-hybridized carbons (Fsp3) is 0.500. The lowest BCUT2D eigenvalue weighted by atomic mass is 10.0. The topological polar surface area (TPSA) is 122 Å². The Morgan fingerprint density at radius 1 is 1.26 bits per heavy atom. The van der Waals surface area contributed by atoms with Gasteiger partial charge in [-0.15, -0.1) is 0 Å². The van der Waals surface area contributed by atoms with Crippen molar-refractivity contribution in [1.82, 2.24) is 19.8 Å². The molecule has 0 bridgehead atoms. The van der Waals surface area contributed by atoms with E-state index in [2.05, 4.69) is 16.4 Å². The summed E-state index contributed by atoms with van der Waals surface area (Å²) in [5.41, 5.74) is 8.57. The van der Waals surface area contributed by atoms with Gasteiger partial charge in [0.05, 0.1) is 27.8 Å². The van der Waals surface area contributed by atoms with Crippen molar-refractivity contribution in [1.29, 1.82) is 0 Å². The first-order chi connectivity index (χ1) is 18.2. The van der Waals surface area contributed by atoms with Gasteiger partial charge in [-0.1, -0.05) is 18.2 Å². The molecule has 0 aromatic carbocycles. The first-order valence-corrected chi connectivity index (χ1v) is 14.5. The normalized spacial score (nSPS) is 19.2. The molecule has 3 rings (SSSR count). The van der Waals surface area contributed by atoms with E-state index in [9.17, 15) is 13.8 Å². The van der Waals surface area contributed by atoms with Gasteiger partial charge in [-0.05, 0) is 69.7 Å². The fourth-order valence-corrected chi connectivity index (χ4v) is 5.49. The van der Waals surface area contributed by atoms with Crippen LogP contribution in [0.5, 0.6) is 0 Å². The third-order valence-corrected chi connectivity index (χ3v) is 8.28. The molecule has 2 aliphatic carbocycles. The summed E-state index contributed by atoms with van der Waals surface area (Å²) in [5, 5.41) is 2.89. The van der Waals surface area contributed by atoms with E-state index in [1.807, 2.05) is 37.3 Å². The van der Waals surface area contributed by atoms with Crippen LogP contribution in [0.4, 0.5) is 5.95 Å². The summed E-state index contributed by atoms with van der Waals surface area (Å²) in [5.74, 6) is 0.321. The zero-order valence-electron chi connectivity index (χ0n) is 22.9. The highest BCUT2D eigenvalue weighted by Crippen LogP contribution is 2.27. The molecule has 0 saturated heterocycles. The number of hydrogen-bond donors (Lipinski definition) is 2. The molecular formula is C28H40N6O3S. The third kappa shape index (κ3) is 8.19. The Labute approximate surface area is 228 Å². The molecule has 0 aliphatic heterocycles. The Balaban J connectivity index is 1.63. The van der Waals surface area contributed by atoms with E-state index in [0.29, 0.717) is 32.0 Å². The van der Waals surface area contributed by atoms with Gasteiger partial charge in [-0.25, -0.2) is 9.97 Å². The van der Waals surface area contributed by atoms with Crippen molar-refractivity contribution in [3.8, 4) is 0 Å². The molecule has 2 amide bonds. The highest BCUT2D eigenvalue weighted by molar-refractivity contribution is 7.89. The van der Waals surface area contributed by atoms with Gasteiger partial charge in [0.25, 0.3) is 0 Å². The molecule has 1 aromatic heterocycles. The number of nitrogens with two attached hydrogens (primary N) is 1. The molecule has 3 N–H and O–H groups in total. The van der Waals surface area contributed by atoms with Crippen LogP contribution in [0.15, 0.2) is 53.2 Å². The lowest BCUT2D eigenvalue weighted by molar-refractivity contribution is -0.135. The van der Waals surface area contributed by atoms with Crippen LogP contribution < -0.4 is 11.1 Å². The largest absolute Gasteiger partial charge is 0.343 e. The minimum absolute atomic E-state index is 0.0168. The lowest BCUT2D eigenvalue weighted by Crippen LogP contribution is -2.40. The van der Waals surface area contributed by atoms with E-state index in [-0.39, 0.29) is 23.1 Å². The number of nitrogens with zero attached hydrogens (tertiary/aromatic N) is 4. The molecule has 1 heterocycles. The fourth-order valence-electron chi connectivity index (χ4n) is 4.46. The Bertz CT molecular complexity index is 1160. The molecule has 0 spiro atoms. The lowest BCUT2D eigenvalue weighted by Gasteiger charge is -2.25. The van der Waals surface area contributed by atoms with Crippen molar-refractivity contribution in [3.63, 3.8) is 0 Å². The number of allylic oxidation sites excluding steroid dienone is 6. The van der Waals surface area contributed by atoms with Crippen LogP contribution in [-0.2, 0) is 20.4 Å². The molecule has 9 nitrogen and oxygen atoms in total. The Hall–Kier alpha value is -3.11. The van der Waals surface area contributed by atoms with Crippen molar-refractivity contribution in [2.45, 2.75) is 58.2 Å². The van der Waals surface area contributed by atoms with Crippen LogP contribution >= 0.6 is 0 Å². The number of rotatable bonds is 10. The van der Waals surface area contributed by atoms with E-state index in [0.717, 1.165) is 47.6 Å². The van der Waals surface area contributed by atoms with Crippen molar-refractivity contribution in [2.75, 3.05) is 32.0 Å². The number of aromatic nitrogens is 2. The van der Waals surface area contributed by atoms with Crippen LogP contribution in [0, 0.1) is 5.92 Å². The van der Waals surface area contributed by atoms with Crippen LogP contribution in [-0.4, -0.2) is 67.8 Å². The molecule has 206 valence electrons. The van der Waals surface area contributed by atoms with Gasteiger partial charge in [0.1, 0.15) is 0 Å². The summed E-state index contributed by atoms with van der Waals surface area (Å²) in [7, 11) is 0.611. The molecule has 38 heavy (non-hydrogen) atoms. The number of likely N-dealkylation sites (N-methyl/N-ethyl adjacent to an activating group) is 2. The number of nitrogens with one attached hydrogen (secondary N) is 1. The zero-order valence-corrected chi connectivity index (χ0v) is 23.7. The second-order valence-electron chi connectivity index (χ2n) is 9.63. The van der Waals surface area contributed by atoms with E-state index in [1.54, 1.807) is 36.9 Å². The predicted molar refractivity (Wildman–Crippen MR) is 153 cm³/mol. The molecule has 0 radical (unpaired) electrons. The zero-order chi connectivity index (χ0) is 27.7. The summed E-state index contributed by atoms with van der Waals surface area (Å²) in [4.78, 5) is 38.0. The van der Waals surface area contributed by atoms with Crippen LogP contribution in [0.3, 0.4) is 0 Å². The molecule has 3 unspecified atom stereocenters. The summed E-state index contributed by atoms with van der Waals surface area (Å²) < 4.78 is 12.4. The van der Waals surface area contributed by atoms with E-state index >= 15 is 0 Å². The standard InChI is InChI=1S/C28H40N6O3S/c1-5-34(21(3)35)19-18-33(4)27(36)23-9-6-10-24(14-12-23)31-28-30-17-16-26(32-28)22-8-7-11-25(15-13-22)38(37)20(2)29/h10,12-17,20,23H,5-9,11,18-19,29H2,1-4H3,(H,30,31,32). The van der Waals surface area contributed by atoms with Crippen LogP contribution in [0.2, 0.25) is 0 Å². The maximum absolute atomic E-state index is 13.0. The van der Waals surface area contributed by atoms with Gasteiger partial charge < -0.3 is 20.9 Å². The smallest absolute Gasteiger partial charge is 0.229 e. The highest BCUT2D eigenvalue weighted by atomic mass is 32.2. The van der Waals surface area contributed by atoms with Crippen LogP contribution in [0.1, 0.15) is 58.6 Å². The highest BCUT2D eigenvalue weighted by Gasteiger charge is 2.21. The maximum Gasteiger partial charge on any atom is 0.229 e. The van der Waals surface area contributed by atoms with E-state index in [4.69, 9.17) is 10.7 Å². The number of anilines is 1. The molecular weight excluding hydrogens is 500 g/mol. The monoisotopic (exact) mass is 540 g/mol. The number of carbonyl (C=O) groups is 2. The van der Waals surface area contributed by atoms with Crippen molar-refractivity contribution in [3.05, 3.63) is 58.9 Å². The molecule has 10 heteroatoms. The SMILES string of the molecule is CCN(CCN(C)C(=O)C1C=CC(Nc2nccc(C3=CC=C(S(=O)C(C)N)CCC3)n2)=CCC1)C(C)=O. The summed E-state index contributed by atoms with van der Waals surface area (Å²) >= 11 is 0. The average molecular weight is 541 g/mol. The summed E-state index contributed by atoms with van der Waals surface area (Å²) in [6, 6.07) is 1.88. The van der Waals surface area contributed by atoms with Gasteiger partial charge in [0.15, 0.2) is 0 Å². The first-order valence-electron chi connectivity index (χ1n) is 13.2. The Kier molecular flexibility index (Phi) is 11.0. The van der Waals surface area contributed by atoms with E-state index in [1.165, 1.54) is 0 Å². The Morgan fingerprint density at radius 3 is 2.76 bits per heavy atom. The molecule has 0 saturated carbocycles. The van der Waals surface area contributed by atoms with E-state index < -0.39 is 10.8 Å². The number of hydrogen-bond acceptors (Lipinski definition) is 7. The Morgan fingerprint density at radius 2 is 2.05 bits per heavy atom. The van der Waals surface area contributed by atoms with Crippen molar-refractivity contribution in [2.24, 2.45) is 11.7 Å². The van der Waals surface area contributed by atoms with Crippen molar-refractivity contribution >= 4 is 34.1 Å². The third-order valence-electron chi connectivity index (χ3n) is 6.75.